The van der Waals surface area contributed by atoms with Crippen molar-refractivity contribution in [1.82, 2.24) is 16.0 Å². The molecule has 7 nitrogen and oxygen atoms in total. The Kier molecular flexibility index (Phi) is 7.76. The molecule has 1 amide bonds. The van der Waals surface area contributed by atoms with Crippen LogP contribution in [0.15, 0.2) is 46.0 Å². The Morgan fingerprint density at radius 2 is 2.00 bits per heavy atom. The van der Waals surface area contributed by atoms with E-state index in [4.69, 9.17) is 4.42 Å². The fourth-order valence-corrected chi connectivity index (χ4v) is 3.54. The van der Waals surface area contributed by atoms with E-state index in [1.54, 1.807) is 6.07 Å². The van der Waals surface area contributed by atoms with Gasteiger partial charge in [0.15, 0.2) is 11.7 Å². The van der Waals surface area contributed by atoms with Gasteiger partial charge < -0.3 is 25.3 Å². The molecule has 1 aromatic carbocycles. The molecule has 0 bridgehead atoms. The number of benzene rings is 1. The lowest BCUT2D eigenvalue weighted by atomic mass is 10.2. The maximum absolute atomic E-state index is 12.1. The highest BCUT2D eigenvalue weighted by Gasteiger charge is 2.23. The first-order valence-electron chi connectivity index (χ1n) is 10.8. The van der Waals surface area contributed by atoms with Crippen LogP contribution in [0.25, 0.3) is 0 Å². The second kappa shape index (κ2) is 10.7. The zero-order valence-electron chi connectivity index (χ0n) is 18.2. The average Bonchev–Trinajstić information content (AvgIpc) is 3.37. The van der Waals surface area contributed by atoms with E-state index in [2.05, 4.69) is 64.0 Å². The van der Waals surface area contributed by atoms with Gasteiger partial charge >= 0.3 is 0 Å². The molecule has 30 heavy (non-hydrogen) atoms. The standard InChI is InChI=1S/C23H33N5O2/c1-4-24-23(26-13-5-12-25-22(29)21-18(3)11-15-30-21)27-19-10-14-28(16-19)20-8-6-17(2)7-9-20/h6-9,11,15,19H,4-5,10,12-14,16H2,1-3H3,(H,25,29)(H2,24,26,27). The molecule has 1 aliphatic heterocycles. The van der Waals surface area contributed by atoms with Gasteiger partial charge in [0.1, 0.15) is 0 Å². The molecule has 0 radical (unpaired) electrons. The Bertz CT molecular complexity index is 844. The van der Waals surface area contributed by atoms with Gasteiger partial charge in [-0.15, -0.1) is 0 Å². The fourth-order valence-electron chi connectivity index (χ4n) is 3.54. The second-order valence-corrected chi connectivity index (χ2v) is 7.71. The summed E-state index contributed by atoms with van der Waals surface area (Å²) in [5, 5.41) is 9.75. The Morgan fingerprint density at radius 3 is 2.70 bits per heavy atom. The van der Waals surface area contributed by atoms with Gasteiger partial charge in [-0.1, -0.05) is 17.7 Å². The summed E-state index contributed by atoms with van der Waals surface area (Å²) >= 11 is 0. The minimum absolute atomic E-state index is 0.173. The normalized spacial score (nSPS) is 16.6. The molecule has 0 spiro atoms. The summed E-state index contributed by atoms with van der Waals surface area (Å²) in [6, 6.07) is 10.9. The number of amides is 1. The van der Waals surface area contributed by atoms with E-state index in [1.165, 1.54) is 17.5 Å². The first-order chi connectivity index (χ1) is 14.6. The maximum atomic E-state index is 12.1. The lowest BCUT2D eigenvalue weighted by molar-refractivity contribution is 0.0925. The van der Waals surface area contributed by atoms with Gasteiger partial charge in [0.05, 0.1) is 6.26 Å². The number of nitrogens with zero attached hydrogens (tertiary/aromatic N) is 2. The SMILES string of the molecule is CCNC(=NCCCNC(=O)c1occc1C)NC1CCN(c2ccc(C)cc2)C1. The first kappa shape index (κ1) is 21.7. The number of furan rings is 1. The van der Waals surface area contributed by atoms with E-state index >= 15 is 0 Å². The van der Waals surface area contributed by atoms with E-state index in [1.807, 2.05) is 6.92 Å². The van der Waals surface area contributed by atoms with E-state index < -0.39 is 0 Å². The van der Waals surface area contributed by atoms with Crippen molar-refractivity contribution in [2.24, 2.45) is 4.99 Å². The molecule has 3 N–H and O–H groups in total. The molecule has 0 saturated carbocycles. The largest absolute Gasteiger partial charge is 0.459 e. The first-order valence-corrected chi connectivity index (χ1v) is 10.8. The van der Waals surface area contributed by atoms with Gasteiger partial charge in [0.2, 0.25) is 0 Å². The quantitative estimate of drug-likeness (QED) is 0.354. The summed E-state index contributed by atoms with van der Waals surface area (Å²) in [7, 11) is 0. The molecule has 2 heterocycles. The van der Waals surface area contributed by atoms with Crippen LogP contribution in [0.4, 0.5) is 5.69 Å². The summed E-state index contributed by atoms with van der Waals surface area (Å²) in [6.45, 7) is 10.1. The Hall–Kier alpha value is -2.96. The van der Waals surface area contributed by atoms with Crippen molar-refractivity contribution in [3.8, 4) is 0 Å². The predicted octanol–water partition coefficient (Wildman–Crippen LogP) is 2.85. The molecule has 1 saturated heterocycles. The minimum Gasteiger partial charge on any atom is -0.459 e. The highest BCUT2D eigenvalue weighted by atomic mass is 16.3. The molecule has 1 atom stereocenters. The number of carbonyl (C=O) groups is 1. The summed E-state index contributed by atoms with van der Waals surface area (Å²) in [5.41, 5.74) is 3.40. The van der Waals surface area contributed by atoms with Crippen LogP contribution in [0.2, 0.25) is 0 Å². The zero-order chi connectivity index (χ0) is 21.3. The lowest BCUT2D eigenvalue weighted by Gasteiger charge is -2.20. The number of rotatable bonds is 8. The highest BCUT2D eigenvalue weighted by molar-refractivity contribution is 5.92. The summed E-state index contributed by atoms with van der Waals surface area (Å²) in [6.07, 6.45) is 3.38. The van der Waals surface area contributed by atoms with Crippen molar-refractivity contribution in [1.29, 1.82) is 0 Å². The number of carbonyl (C=O) groups excluding carboxylic acids is 1. The third kappa shape index (κ3) is 6.02. The highest BCUT2D eigenvalue weighted by Crippen LogP contribution is 2.20. The lowest BCUT2D eigenvalue weighted by Crippen LogP contribution is -2.44. The van der Waals surface area contributed by atoms with Crippen molar-refractivity contribution < 1.29 is 9.21 Å². The fraction of sp³-hybridized carbons (Fsp3) is 0.478. The van der Waals surface area contributed by atoms with Gasteiger partial charge in [0.25, 0.3) is 5.91 Å². The van der Waals surface area contributed by atoms with Crippen molar-refractivity contribution in [2.45, 2.75) is 39.7 Å². The average molecular weight is 412 g/mol. The molecule has 162 valence electrons. The van der Waals surface area contributed by atoms with Crippen LogP contribution in [0.1, 0.15) is 41.4 Å². The van der Waals surface area contributed by atoms with Crippen molar-refractivity contribution in [3.05, 3.63) is 53.5 Å². The Labute approximate surface area is 178 Å². The Morgan fingerprint density at radius 1 is 1.20 bits per heavy atom. The molecule has 0 aliphatic carbocycles. The van der Waals surface area contributed by atoms with E-state index in [9.17, 15) is 4.79 Å². The molecule has 3 rings (SSSR count). The summed E-state index contributed by atoms with van der Waals surface area (Å²) < 4.78 is 5.21. The second-order valence-electron chi connectivity index (χ2n) is 7.71. The smallest absolute Gasteiger partial charge is 0.287 e. The minimum atomic E-state index is -0.173. The van der Waals surface area contributed by atoms with Crippen molar-refractivity contribution in [3.63, 3.8) is 0 Å². The molecular weight excluding hydrogens is 378 g/mol. The van der Waals surface area contributed by atoms with E-state index in [0.29, 0.717) is 24.9 Å². The number of nitrogens with one attached hydrogen (secondary N) is 3. The van der Waals surface area contributed by atoms with Crippen molar-refractivity contribution in [2.75, 3.05) is 37.6 Å². The number of hydrogen-bond acceptors (Lipinski definition) is 4. The topological polar surface area (TPSA) is 81.9 Å². The van der Waals surface area contributed by atoms with Crippen LogP contribution in [0.3, 0.4) is 0 Å². The number of hydrogen-bond donors (Lipinski definition) is 3. The van der Waals surface area contributed by atoms with Crippen LogP contribution in [-0.2, 0) is 0 Å². The van der Waals surface area contributed by atoms with Crippen LogP contribution >= 0.6 is 0 Å². The summed E-state index contributed by atoms with van der Waals surface area (Å²) in [5.74, 6) is 1.04. The number of anilines is 1. The third-order valence-electron chi connectivity index (χ3n) is 5.23. The predicted molar refractivity (Wildman–Crippen MR) is 121 cm³/mol. The van der Waals surface area contributed by atoms with Crippen molar-refractivity contribution >= 4 is 17.6 Å². The van der Waals surface area contributed by atoms with Gasteiger partial charge in [-0.2, -0.15) is 0 Å². The Balaban J connectivity index is 1.42. The molecule has 7 heteroatoms. The van der Waals surface area contributed by atoms with Gasteiger partial charge in [0, 0.05) is 50.0 Å². The van der Waals surface area contributed by atoms with Gasteiger partial charge in [-0.25, -0.2) is 0 Å². The molecule has 1 fully saturated rings. The number of aryl methyl sites for hydroxylation is 2. The molecule has 2 aromatic rings. The molecule has 1 unspecified atom stereocenters. The van der Waals surface area contributed by atoms with E-state index in [-0.39, 0.29) is 5.91 Å². The maximum Gasteiger partial charge on any atom is 0.287 e. The molecular formula is C23H33N5O2. The van der Waals surface area contributed by atoms with Crippen LogP contribution in [0, 0.1) is 13.8 Å². The molecule has 1 aromatic heterocycles. The third-order valence-corrected chi connectivity index (χ3v) is 5.23. The van der Waals surface area contributed by atoms with Gasteiger partial charge in [-0.05, 0) is 51.8 Å². The zero-order valence-corrected chi connectivity index (χ0v) is 18.2. The number of guanidine groups is 1. The van der Waals surface area contributed by atoms with Gasteiger partial charge in [-0.3, -0.25) is 9.79 Å². The van der Waals surface area contributed by atoms with Crippen LogP contribution in [0.5, 0.6) is 0 Å². The van der Waals surface area contributed by atoms with Crippen LogP contribution in [-0.4, -0.2) is 50.6 Å². The molecule has 1 aliphatic rings. The summed E-state index contributed by atoms with van der Waals surface area (Å²) in [4.78, 5) is 19.1. The van der Waals surface area contributed by atoms with Crippen LogP contribution < -0.4 is 20.9 Å². The number of aliphatic imine (C=N–C) groups is 1. The van der Waals surface area contributed by atoms with E-state index in [0.717, 1.165) is 44.0 Å². The monoisotopic (exact) mass is 411 g/mol.